The smallest absolute Gasteiger partial charge is 0.0370 e. The monoisotopic (exact) mass is 259 g/mol. The van der Waals surface area contributed by atoms with Crippen LogP contribution in [-0.2, 0) is 6.54 Å². The van der Waals surface area contributed by atoms with Gasteiger partial charge in [0, 0.05) is 37.9 Å². The van der Waals surface area contributed by atoms with Crippen LogP contribution >= 0.6 is 0 Å². The van der Waals surface area contributed by atoms with Gasteiger partial charge in [-0.25, -0.2) is 0 Å². The van der Waals surface area contributed by atoms with E-state index in [2.05, 4.69) is 34.9 Å². The highest BCUT2D eigenvalue weighted by Crippen LogP contribution is 2.26. The van der Waals surface area contributed by atoms with E-state index in [9.17, 15) is 0 Å². The first-order valence-corrected chi connectivity index (χ1v) is 7.56. The summed E-state index contributed by atoms with van der Waals surface area (Å²) in [7, 11) is 0. The average Bonchev–Trinajstić information content (AvgIpc) is 2.46. The molecule has 2 heterocycles. The second-order valence-electron chi connectivity index (χ2n) is 5.95. The quantitative estimate of drug-likeness (QED) is 0.883. The highest BCUT2D eigenvalue weighted by molar-refractivity contribution is 5.51. The summed E-state index contributed by atoms with van der Waals surface area (Å²) in [5.74, 6) is 0. The van der Waals surface area contributed by atoms with E-state index >= 15 is 0 Å². The predicted molar refractivity (Wildman–Crippen MR) is 80.5 cm³/mol. The number of piperidine rings is 1. The van der Waals surface area contributed by atoms with Gasteiger partial charge < -0.3 is 10.6 Å². The lowest BCUT2D eigenvalue weighted by Crippen LogP contribution is -2.54. The van der Waals surface area contributed by atoms with E-state index in [4.69, 9.17) is 5.73 Å². The molecular formula is C16H25N3. The minimum absolute atomic E-state index is 0.641. The maximum Gasteiger partial charge on any atom is 0.0370 e. The Morgan fingerprint density at radius 3 is 2.89 bits per heavy atom. The molecule has 0 aliphatic carbocycles. The highest BCUT2D eigenvalue weighted by atomic mass is 15.3. The molecule has 2 aliphatic heterocycles. The lowest BCUT2D eigenvalue weighted by Gasteiger charge is -2.45. The van der Waals surface area contributed by atoms with Crippen molar-refractivity contribution in [2.45, 2.75) is 38.8 Å². The molecule has 1 unspecified atom stereocenters. The second-order valence-corrected chi connectivity index (χ2v) is 5.95. The van der Waals surface area contributed by atoms with Crippen LogP contribution in [0.1, 0.15) is 30.4 Å². The van der Waals surface area contributed by atoms with Crippen molar-refractivity contribution in [3.63, 3.8) is 0 Å². The van der Waals surface area contributed by atoms with Gasteiger partial charge >= 0.3 is 0 Å². The summed E-state index contributed by atoms with van der Waals surface area (Å²) in [6, 6.07) is 7.52. The third-order valence-corrected chi connectivity index (χ3v) is 4.75. The summed E-state index contributed by atoms with van der Waals surface area (Å²) in [6.07, 6.45) is 4.16. The molecule has 0 spiro atoms. The lowest BCUT2D eigenvalue weighted by atomic mass is 9.98. The van der Waals surface area contributed by atoms with Gasteiger partial charge in [-0.05, 0) is 49.6 Å². The summed E-state index contributed by atoms with van der Waals surface area (Å²) in [5, 5.41) is 0. The topological polar surface area (TPSA) is 32.5 Å². The van der Waals surface area contributed by atoms with Crippen LogP contribution in [0.2, 0.25) is 0 Å². The molecule has 104 valence electrons. The van der Waals surface area contributed by atoms with Crippen LogP contribution < -0.4 is 10.6 Å². The molecule has 3 rings (SSSR count). The highest BCUT2D eigenvalue weighted by Gasteiger charge is 2.28. The molecule has 0 bridgehead atoms. The van der Waals surface area contributed by atoms with Crippen LogP contribution in [-0.4, -0.2) is 37.1 Å². The minimum atomic E-state index is 0.641. The van der Waals surface area contributed by atoms with Gasteiger partial charge in [-0.3, -0.25) is 4.90 Å². The third kappa shape index (κ3) is 2.63. The van der Waals surface area contributed by atoms with Gasteiger partial charge in [0.05, 0.1) is 0 Å². The molecule has 0 aromatic heterocycles. The van der Waals surface area contributed by atoms with Crippen LogP contribution in [0.25, 0.3) is 0 Å². The fourth-order valence-electron chi connectivity index (χ4n) is 3.50. The number of hydrogen-bond acceptors (Lipinski definition) is 3. The molecule has 2 saturated heterocycles. The Hall–Kier alpha value is -1.06. The van der Waals surface area contributed by atoms with Gasteiger partial charge in [0.15, 0.2) is 0 Å². The maximum atomic E-state index is 5.75. The van der Waals surface area contributed by atoms with Crippen molar-refractivity contribution < 1.29 is 0 Å². The number of fused-ring (bicyclic) bond motifs is 1. The zero-order chi connectivity index (χ0) is 13.2. The number of nitrogens with two attached hydrogens (primary N) is 1. The summed E-state index contributed by atoms with van der Waals surface area (Å²) in [6.45, 7) is 7.70. The molecule has 1 atom stereocenters. The van der Waals surface area contributed by atoms with Gasteiger partial charge in [0.2, 0.25) is 0 Å². The van der Waals surface area contributed by atoms with E-state index in [1.807, 2.05) is 0 Å². The van der Waals surface area contributed by atoms with Crippen molar-refractivity contribution in [1.29, 1.82) is 0 Å². The minimum Gasteiger partial charge on any atom is -0.369 e. The molecule has 0 saturated carbocycles. The molecule has 2 fully saturated rings. The zero-order valence-corrected chi connectivity index (χ0v) is 11.9. The summed E-state index contributed by atoms with van der Waals surface area (Å²) in [4.78, 5) is 5.24. The number of aryl methyl sites for hydroxylation is 1. The van der Waals surface area contributed by atoms with Crippen molar-refractivity contribution in [1.82, 2.24) is 4.90 Å². The van der Waals surface area contributed by atoms with E-state index in [1.54, 1.807) is 0 Å². The van der Waals surface area contributed by atoms with Gasteiger partial charge in [-0.1, -0.05) is 12.5 Å². The number of piperazine rings is 1. The van der Waals surface area contributed by atoms with Crippen molar-refractivity contribution in [3.8, 4) is 0 Å². The number of nitrogens with zero attached hydrogens (tertiary/aromatic N) is 2. The Labute approximate surface area is 116 Å². The van der Waals surface area contributed by atoms with Crippen molar-refractivity contribution in [3.05, 3.63) is 29.3 Å². The second kappa shape index (κ2) is 5.51. The molecule has 3 nitrogen and oxygen atoms in total. The van der Waals surface area contributed by atoms with E-state index in [-0.39, 0.29) is 0 Å². The molecule has 1 aromatic rings. The van der Waals surface area contributed by atoms with E-state index in [1.165, 1.54) is 55.7 Å². The molecular weight excluding hydrogens is 234 g/mol. The van der Waals surface area contributed by atoms with Crippen molar-refractivity contribution in [2.24, 2.45) is 5.73 Å². The van der Waals surface area contributed by atoms with Crippen LogP contribution in [0.3, 0.4) is 0 Å². The third-order valence-electron chi connectivity index (χ3n) is 4.75. The van der Waals surface area contributed by atoms with Crippen LogP contribution in [0.5, 0.6) is 0 Å². The van der Waals surface area contributed by atoms with Crippen molar-refractivity contribution >= 4 is 5.69 Å². The first-order valence-electron chi connectivity index (χ1n) is 7.56. The van der Waals surface area contributed by atoms with Gasteiger partial charge in [0.25, 0.3) is 0 Å². The Morgan fingerprint density at radius 2 is 2.11 bits per heavy atom. The Bertz CT molecular complexity index is 444. The average molecular weight is 259 g/mol. The molecule has 19 heavy (non-hydrogen) atoms. The maximum absolute atomic E-state index is 5.75. The van der Waals surface area contributed by atoms with E-state index < -0.39 is 0 Å². The van der Waals surface area contributed by atoms with Gasteiger partial charge in [0.1, 0.15) is 0 Å². The molecule has 1 aromatic carbocycles. The van der Waals surface area contributed by atoms with Crippen molar-refractivity contribution in [2.75, 3.05) is 31.1 Å². The fourth-order valence-corrected chi connectivity index (χ4v) is 3.50. The van der Waals surface area contributed by atoms with Crippen LogP contribution in [0.15, 0.2) is 18.2 Å². The Morgan fingerprint density at radius 1 is 1.21 bits per heavy atom. The fraction of sp³-hybridized carbons (Fsp3) is 0.625. The number of benzene rings is 1. The lowest BCUT2D eigenvalue weighted by molar-refractivity contribution is 0.133. The van der Waals surface area contributed by atoms with E-state index in [0.29, 0.717) is 6.54 Å². The number of hydrogen-bond donors (Lipinski definition) is 1. The number of anilines is 1. The normalized spacial score (nSPS) is 24.3. The predicted octanol–water partition coefficient (Wildman–Crippen LogP) is 2.13. The standard InChI is InChI=1S/C16H25N3/c1-13-10-15(6-5-14(13)11-17)19-9-8-18-7-3-2-4-16(18)12-19/h5-6,10,16H,2-4,7-9,11-12,17H2,1H3. The number of rotatable bonds is 2. The first-order chi connectivity index (χ1) is 9.28. The van der Waals surface area contributed by atoms with E-state index in [0.717, 1.165) is 12.6 Å². The van der Waals surface area contributed by atoms with Crippen LogP contribution in [0, 0.1) is 6.92 Å². The molecule has 0 amide bonds. The summed E-state index contributed by atoms with van der Waals surface area (Å²) >= 11 is 0. The first kappa shape index (κ1) is 12.9. The molecule has 2 N–H and O–H groups in total. The molecule has 2 aliphatic rings. The summed E-state index contributed by atoms with van der Waals surface area (Å²) < 4.78 is 0. The largest absolute Gasteiger partial charge is 0.369 e. The summed E-state index contributed by atoms with van der Waals surface area (Å²) in [5.41, 5.74) is 9.71. The van der Waals surface area contributed by atoms with Gasteiger partial charge in [-0.15, -0.1) is 0 Å². The Balaban J connectivity index is 1.74. The Kier molecular flexibility index (Phi) is 3.76. The molecule has 0 radical (unpaired) electrons. The van der Waals surface area contributed by atoms with Gasteiger partial charge in [-0.2, -0.15) is 0 Å². The zero-order valence-electron chi connectivity index (χ0n) is 11.9. The molecule has 3 heteroatoms. The van der Waals surface area contributed by atoms with Crippen LogP contribution in [0.4, 0.5) is 5.69 Å². The SMILES string of the molecule is Cc1cc(N2CCN3CCCCC3C2)ccc1CN.